The zero-order valence-corrected chi connectivity index (χ0v) is 19.5. The van der Waals surface area contributed by atoms with Gasteiger partial charge in [0.1, 0.15) is 17.3 Å². The molecular formula is C26H30N6O. The van der Waals surface area contributed by atoms with E-state index in [-0.39, 0.29) is 0 Å². The van der Waals surface area contributed by atoms with E-state index >= 15 is 0 Å². The van der Waals surface area contributed by atoms with Crippen LogP contribution in [0.1, 0.15) is 18.1 Å². The Kier molecular flexibility index (Phi) is 6.60. The minimum atomic E-state index is 0.446. The second kappa shape index (κ2) is 9.75. The van der Waals surface area contributed by atoms with E-state index in [0.717, 1.165) is 46.7 Å². The lowest BCUT2D eigenvalue weighted by Crippen LogP contribution is -2.17. The summed E-state index contributed by atoms with van der Waals surface area (Å²) in [6.45, 7) is 3.52. The van der Waals surface area contributed by atoms with Gasteiger partial charge in [0.2, 0.25) is 0 Å². The highest BCUT2D eigenvalue weighted by Gasteiger charge is 2.15. The van der Waals surface area contributed by atoms with Crippen molar-refractivity contribution in [2.45, 2.75) is 20.0 Å². The van der Waals surface area contributed by atoms with Crippen molar-refractivity contribution in [3.8, 4) is 17.0 Å². The van der Waals surface area contributed by atoms with Gasteiger partial charge in [-0.2, -0.15) is 0 Å². The molecule has 170 valence electrons. The number of aromatic nitrogens is 2. The fourth-order valence-corrected chi connectivity index (χ4v) is 4.12. The first-order valence-electron chi connectivity index (χ1n) is 10.9. The molecule has 0 amide bonds. The van der Waals surface area contributed by atoms with Crippen LogP contribution in [0.15, 0.2) is 59.6 Å². The van der Waals surface area contributed by atoms with E-state index in [1.54, 1.807) is 13.3 Å². The molecule has 7 heteroatoms. The van der Waals surface area contributed by atoms with E-state index in [1.807, 2.05) is 38.2 Å². The number of rotatable bonds is 8. The molecule has 0 bridgehead atoms. The number of fused-ring (bicyclic) bond motifs is 1. The predicted molar refractivity (Wildman–Crippen MR) is 137 cm³/mol. The average Bonchev–Trinajstić information content (AvgIpc) is 3.23. The number of H-pyrrole nitrogens is 1. The molecular weight excluding hydrogens is 412 g/mol. The first-order chi connectivity index (χ1) is 16.0. The molecule has 0 saturated carbocycles. The average molecular weight is 443 g/mol. The molecule has 2 aromatic carbocycles. The SMILES string of the molecule is CC=Nc1c(-c2cc3cc(CN(C)Cc4ccccc4OC)ccc3[nH]2)cc(N)nc1NC. The maximum Gasteiger partial charge on any atom is 0.154 e. The minimum Gasteiger partial charge on any atom is -0.496 e. The fraction of sp³-hybridized carbons (Fsp3) is 0.231. The maximum absolute atomic E-state index is 6.06. The summed E-state index contributed by atoms with van der Waals surface area (Å²) in [5.74, 6) is 2.01. The molecule has 33 heavy (non-hydrogen) atoms. The summed E-state index contributed by atoms with van der Waals surface area (Å²) in [5, 5.41) is 4.23. The van der Waals surface area contributed by atoms with Crippen LogP contribution in [0.2, 0.25) is 0 Å². The minimum absolute atomic E-state index is 0.446. The van der Waals surface area contributed by atoms with E-state index < -0.39 is 0 Å². The number of nitrogen functional groups attached to an aromatic ring is 1. The monoisotopic (exact) mass is 442 g/mol. The van der Waals surface area contributed by atoms with Crippen LogP contribution in [-0.4, -0.2) is 42.3 Å². The van der Waals surface area contributed by atoms with Crippen LogP contribution in [0, 0.1) is 0 Å². The Balaban J connectivity index is 1.62. The van der Waals surface area contributed by atoms with Gasteiger partial charge in [0.15, 0.2) is 5.82 Å². The number of nitrogens with one attached hydrogen (secondary N) is 2. The molecule has 0 spiro atoms. The molecule has 2 aromatic heterocycles. The molecule has 0 aliphatic carbocycles. The maximum atomic E-state index is 6.06. The summed E-state index contributed by atoms with van der Waals surface area (Å²) in [5.41, 5.74) is 12.2. The van der Waals surface area contributed by atoms with Gasteiger partial charge in [0.05, 0.1) is 7.11 Å². The lowest BCUT2D eigenvalue weighted by molar-refractivity contribution is 0.310. The van der Waals surface area contributed by atoms with Crippen molar-refractivity contribution in [3.05, 3.63) is 65.7 Å². The number of nitrogens with zero attached hydrogens (tertiary/aromatic N) is 3. The third-order valence-corrected chi connectivity index (χ3v) is 5.57. The van der Waals surface area contributed by atoms with Gasteiger partial charge < -0.3 is 20.8 Å². The highest BCUT2D eigenvalue weighted by Crippen LogP contribution is 2.37. The zero-order chi connectivity index (χ0) is 23.4. The molecule has 0 atom stereocenters. The predicted octanol–water partition coefficient (Wildman–Crippen LogP) is 5.22. The topological polar surface area (TPSA) is 91.6 Å². The summed E-state index contributed by atoms with van der Waals surface area (Å²) in [4.78, 5) is 14.7. The van der Waals surface area contributed by atoms with Crippen LogP contribution in [-0.2, 0) is 13.1 Å². The number of hydrogen-bond donors (Lipinski definition) is 3. The van der Waals surface area contributed by atoms with Crippen molar-refractivity contribution < 1.29 is 4.74 Å². The number of anilines is 2. The molecule has 0 radical (unpaired) electrons. The lowest BCUT2D eigenvalue weighted by atomic mass is 10.1. The van der Waals surface area contributed by atoms with Gasteiger partial charge in [0.25, 0.3) is 0 Å². The Morgan fingerprint density at radius 3 is 2.73 bits per heavy atom. The first-order valence-corrected chi connectivity index (χ1v) is 10.9. The Morgan fingerprint density at radius 1 is 1.15 bits per heavy atom. The van der Waals surface area contributed by atoms with Crippen LogP contribution in [0.25, 0.3) is 22.2 Å². The summed E-state index contributed by atoms with van der Waals surface area (Å²) >= 11 is 0. The molecule has 7 nitrogen and oxygen atoms in total. The quantitative estimate of drug-likeness (QED) is 0.326. The van der Waals surface area contributed by atoms with Crippen molar-refractivity contribution in [1.82, 2.24) is 14.9 Å². The molecule has 0 aliphatic heterocycles. The van der Waals surface area contributed by atoms with Gasteiger partial charge in [-0.15, -0.1) is 0 Å². The molecule has 4 rings (SSSR count). The summed E-state index contributed by atoms with van der Waals surface area (Å²) < 4.78 is 5.49. The highest BCUT2D eigenvalue weighted by atomic mass is 16.5. The van der Waals surface area contributed by atoms with Gasteiger partial charge >= 0.3 is 0 Å². The van der Waals surface area contributed by atoms with Crippen LogP contribution >= 0.6 is 0 Å². The number of benzene rings is 2. The van der Waals surface area contributed by atoms with Gasteiger partial charge in [-0.25, -0.2) is 4.98 Å². The van der Waals surface area contributed by atoms with E-state index in [4.69, 9.17) is 10.5 Å². The van der Waals surface area contributed by atoms with E-state index in [2.05, 4.69) is 62.6 Å². The van der Waals surface area contributed by atoms with Crippen LogP contribution in [0.3, 0.4) is 0 Å². The van der Waals surface area contributed by atoms with Crippen LogP contribution in [0.4, 0.5) is 17.3 Å². The van der Waals surface area contributed by atoms with Crippen molar-refractivity contribution in [2.75, 3.05) is 32.3 Å². The normalized spacial score (nSPS) is 11.5. The van der Waals surface area contributed by atoms with Crippen molar-refractivity contribution in [3.63, 3.8) is 0 Å². The van der Waals surface area contributed by atoms with Gasteiger partial charge in [-0.05, 0) is 49.9 Å². The highest BCUT2D eigenvalue weighted by molar-refractivity contribution is 5.92. The van der Waals surface area contributed by atoms with Crippen LogP contribution in [0.5, 0.6) is 5.75 Å². The molecule has 0 aliphatic rings. The van der Waals surface area contributed by atoms with E-state index in [9.17, 15) is 0 Å². The molecule has 2 heterocycles. The van der Waals surface area contributed by atoms with Crippen molar-refractivity contribution >= 4 is 34.4 Å². The Hall–Kier alpha value is -3.84. The van der Waals surface area contributed by atoms with E-state index in [0.29, 0.717) is 11.6 Å². The standard InChI is InChI=1S/C26H30N6O/c1-5-29-25-20(14-24(27)31-26(25)28-2)22-13-19-12-17(10-11-21(19)30-22)15-32(3)16-18-8-6-7-9-23(18)33-4/h5-14,30H,15-16H2,1-4H3,(H3,27,28,31). The first kappa shape index (κ1) is 22.4. The van der Waals surface area contributed by atoms with Crippen molar-refractivity contribution in [1.29, 1.82) is 0 Å². The number of pyridine rings is 1. The largest absolute Gasteiger partial charge is 0.496 e. The van der Waals surface area contributed by atoms with E-state index in [1.165, 1.54) is 11.1 Å². The third kappa shape index (κ3) is 4.83. The molecule has 0 fully saturated rings. The van der Waals surface area contributed by atoms with Crippen molar-refractivity contribution in [2.24, 2.45) is 4.99 Å². The number of ether oxygens (including phenoxy) is 1. The second-order valence-corrected chi connectivity index (χ2v) is 8.02. The van der Waals surface area contributed by atoms with Crippen LogP contribution < -0.4 is 15.8 Å². The third-order valence-electron chi connectivity index (χ3n) is 5.57. The summed E-state index contributed by atoms with van der Waals surface area (Å²) in [7, 11) is 5.65. The number of aliphatic imine (C=N–C) groups is 1. The van der Waals surface area contributed by atoms with Gasteiger partial charge in [0, 0.05) is 54.1 Å². The Bertz CT molecular complexity index is 1290. The molecule has 0 unspecified atom stereocenters. The lowest BCUT2D eigenvalue weighted by Gasteiger charge is -2.18. The number of methoxy groups -OCH3 is 1. The fourth-order valence-electron chi connectivity index (χ4n) is 4.12. The Labute approximate surface area is 194 Å². The zero-order valence-electron chi connectivity index (χ0n) is 19.5. The number of hydrogen-bond acceptors (Lipinski definition) is 6. The molecule has 0 saturated heterocycles. The molecule has 4 aromatic rings. The Morgan fingerprint density at radius 2 is 1.97 bits per heavy atom. The molecule has 4 N–H and O–H groups in total. The number of para-hydroxylation sites is 1. The van der Waals surface area contributed by atoms with Gasteiger partial charge in [-0.3, -0.25) is 9.89 Å². The second-order valence-electron chi connectivity index (χ2n) is 8.02. The number of aromatic amines is 1. The van der Waals surface area contributed by atoms with Gasteiger partial charge in [-0.1, -0.05) is 24.3 Å². The summed E-state index contributed by atoms with van der Waals surface area (Å²) in [6.07, 6.45) is 1.76. The number of nitrogens with two attached hydrogens (primary N) is 1. The smallest absolute Gasteiger partial charge is 0.154 e. The summed E-state index contributed by atoms with van der Waals surface area (Å²) in [6, 6.07) is 18.6.